The van der Waals surface area contributed by atoms with Crippen LogP contribution in [0, 0.1) is 22.9 Å². The van der Waals surface area contributed by atoms with Gasteiger partial charge in [0, 0.05) is 25.2 Å². The van der Waals surface area contributed by atoms with Crippen LogP contribution < -0.4 is 5.32 Å². The largest absolute Gasteiger partial charge is 0.377 e. The number of nitrogens with one attached hydrogen (secondary N) is 1. The normalized spacial score (nSPS) is 24.5. The maximum absolute atomic E-state index is 13.7. The number of halogens is 1. The number of anilines is 1. The zero-order valence-electron chi connectivity index (χ0n) is 17.1. The van der Waals surface area contributed by atoms with Gasteiger partial charge in [-0.15, -0.1) is 0 Å². The Labute approximate surface area is 166 Å². The molecule has 7 heteroatoms. The molecule has 1 aromatic carbocycles. The Bertz CT molecular complexity index is 682. The molecule has 1 heterocycles. The fraction of sp³-hybridized carbons (Fsp3) is 0.714. The predicted octanol–water partition coefficient (Wildman–Crippen LogP) is 4.65. The van der Waals surface area contributed by atoms with Gasteiger partial charge in [0.1, 0.15) is 11.5 Å². The van der Waals surface area contributed by atoms with Crippen molar-refractivity contribution in [2.24, 2.45) is 0 Å². The molecule has 28 heavy (non-hydrogen) atoms. The van der Waals surface area contributed by atoms with Gasteiger partial charge in [-0.25, -0.2) is 4.39 Å². The minimum absolute atomic E-state index is 0.181. The Kier molecular flexibility index (Phi) is 6.88. The summed E-state index contributed by atoms with van der Waals surface area (Å²) in [6.45, 7) is 7.80. The second kappa shape index (κ2) is 9.18. The van der Waals surface area contributed by atoms with Gasteiger partial charge in [0.25, 0.3) is 5.69 Å². The van der Waals surface area contributed by atoms with Crippen molar-refractivity contribution in [3.63, 3.8) is 0 Å². The van der Waals surface area contributed by atoms with Gasteiger partial charge in [-0.1, -0.05) is 0 Å². The van der Waals surface area contributed by atoms with Crippen LogP contribution in [0.3, 0.4) is 0 Å². The number of benzene rings is 1. The van der Waals surface area contributed by atoms with E-state index in [1.54, 1.807) is 13.0 Å². The summed E-state index contributed by atoms with van der Waals surface area (Å²) < 4.78 is 19.7. The van der Waals surface area contributed by atoms with Gasteiger partial charge in [0.05, 0.1) is 23.2 Å². The molecule has 2 fully saturated rings. The van der Waals surface area contributed by atoms with Crippen LogP contribution in [0.25, 0.3) is 0 Å². The molecule has 6 nitrogen and oxygen atoms in total. The van der Waals surface area contributed by atoms with Crippen molar-refractivity contribution >= 4 is 11.4 Å². The van der Waals surface area contributed by atoms with Crippen LogP contribution in [-0.4, -0.2) is 47.2 Å². The standard InChI is InChI=1S/C21H32FN3O3/c1-14(2)28-18-6-4-17(5-7-18)24-10-8-16(9-11-24)23-20-12-15(3)19(22)13-21(20)25(26)27/h12-14,16-18,23H,4-11H2,1-3H3/t17-,18-. The summed E-state index contributed by atoms with van der Waals surface area (Å²) in [6, 6.07) is 3.37. The predicted molar refractivity (Wildman–Crippen MR) is 108 cm³/mol. The van der Waals surface area contributed by atoms with Gasteiger partial charge < -0.3 is 15.0 Å². The summed E-state index contributed by atoms with van der Waals surface area (Å²) in [5, 5.41) is 14.6. The van der Waals surface area contributed by atoms with E-state index in [1.807, 2.05) is 0 Å². The van der Waals surface area contributed by atoms with Gasteiger partial charge in [0.15, 0.2) is 0 Å². The lowest BCUT2D eigenvalue weighted by molar-refractivity contribution is -0.384. The van der Waals surface area contributed by atoms with E-state index < -0.39 is 10.7 Å². The Morgan fingerprint density at radius 3 is 2.39 bits per heavy atom. The summed E-state index contributed by atoms with van der Waals surface area (Å²) >= 11 is 0. The second-order valence-electron chi connectivity index (χ2n) is 8.45. The van der Waals surface area contributed by atoms with E-state index >= 15 is 0 Å². The van der Waals surface area contributed by atoms with Crippen molar-refractivity contribution < 1.29 is 14.1 Å². The molecule has 1 aliphatic heterocycles. The number of nitro groups is 1. The Morgan fingerprint density at radius 2 is 1.82 bits per heavy atom. The van der Waals surface area contributed by atoms with E-state index in [0.717, 1.165) is 44.8 Å². The van der Waals surface area contributed by atoms with Crippen LogP contribution in [0.4, 0.5) is 15.8 Å². The van der Waals surface area contributed by atoms with E-state index in [-0.39, 0.29) is 11.7 Å². The highest BCUT2D eigenvalue weighted by Crippen LogP contribution is 2.31. The zero-order valence-corrected chi connectivity index (χ0v) is 17.1. The van der Waals surface area contributed by atoms with Crippen molar-refractivity contribution in [3.8, 4) is 0 Å². The minimum atomic E-state index is -0.538. The maximum atomic E-state index is 13.7. The van der Waals surface area contributed by atoms with Gasteiger partial charge in [0.2, 0.25) is 0 Å². The molecule has 1 saturated carbocycles. The quantitative estimate of drug-likeness (QED) is 0.563. The second-order valence-corrected chi connectivity index (χ2v) is 8.45. The molecule has 0 amide bonds. The lowest BCUT2D eigenvalue weighted by Gasteiger charge is -2.41. The molecular weight excluding hydrogens is 361 g/mol. The smallest absolute Gasteiger partial charge is 0.295 e. The number of piperidine rings is 1. The summed E-state index contributed by atoms with van der Waals surface area (Å²) in [6.07, 6.45) is 7.19. The zero-order chi connectivity index (χ0) is 20.3. The molecule has 1 aromatic rings. The number of nitro benzene ring substituents is 1. The molecule has 1 aliphatic carbocycles. The molecule has 0 aromatic heterocycles. The summed E-state index contributed by atoms with van der Waals surface area (Å²) in [5.74, 6) is -0.538. The van der Waals surface area contributed by atoms with E-state index in [2.05, 4.69) is 24.1 Å². The minimum Gasteiger partial charge on any atom is -0.377 e. The molecule has 156 valence electrons. The molecule has 0 spiro atoms. The highest BCUT2D eigenvalue weighted by Gasteiger charge is 2.30. The van der Waals surface area contributed by atoms with Crippen molar-refractivity contribution in [1.82, 2.24) is 4.90 Å². The fourth-order valence-electron chi connectivity index (χ4n) is 4.50. The van der Waals surface area contributed by atoms with Gasteiger partial charge >= 0.3 is 0 Å². The third-order valence-corrected chi connectivity index (χ3v) is 5.99. The average Bonchev–Trinajstić information content (AvgIpc) is 2.65. The van der Waals surface area contributed by atoms with E-state index in [4.69, 9.17) is 4.74 Å². The van der Waals surface area contributed by atoms with Crippen LogP contribution >= 0.6 is 0 Å². The monoisotopic (exact) mass is 393 g/mol. The van der Waals surface area contributed by atoms with Crippen molar-refractivity contribution in [2.75, 3.05) is 18.4 Å². The molecule has 0 unspecified atom stereocenters. The highest BCUT2D eigenvalue weighted by atomic mass is 19.1. The first-order chi connectivity index (χ1) is 13.3. The van der Waals surface area contributed by atoms with Crippen molar-refractivity contribution in [1.29, 1.82) is 0 Å². The molecular formula is C21H32FN3O3. The van der Waals surface area contributed by atoms with Crippen LogP contribution in [0.15, 0.2) is 12.1 Å². The Hall–Kier alpha value is -1.73. The van der Waals surface area contributed by atoms with Crippen LogP contribution in [-0.2, 0) is 4.74 Å². The van der Waals surface area contributed by atoms with Crippen LogP contribution in [0.1, 0.15) is 57.9 Å². The highest BCUT2D eigenvalue weighted by molar-refractivity contribution is 5.63. The van der Waals surface area contributed by atoms with Crippen LogP contribution in [0.2, 0.25) is 0 Å². The lowest BCUT2D eigenvalue weighted by atomic mass is 9.90. The van der Waals surface area contributed by atoms with Crippen molar-refractivity contribution in [2.45, 2.75) is 83.6 Å². The lowest BCUT2D eigenvalue weighted by Crippen LogP contribution is -2.46. The average molecular weight is 394 g/mol. The number of likely N-dealkylation sites (tertiary alicyclic amines) is 1. The van der Waals surface area contributed by atoms with Gasteiger partial charge in [-0.05, 0) is 70.9 Å². The molecule has 1 saturated heterocycles. The van der Waals surface area contributed by atoms with Crippen LogP contribution in [0.5, 0.6) is 0 Å². The van der Waals surface area contributed by atoms with Gasteiger partial charge in [-0.2, -0.15) is 0 Å². The first-order valence-electron chi connectivity index (χ1n) is 10.4. The fourth-order valence-corrected chi connectivity index (χ4v) is 4.50. The number of ether oxygens (including phenoxy) is 1. The van der Waals surface area contributed by atoms with E-state index in [9.17, 15) is 14.5 Å². The SMILES string of the molecule is Cc1cc(NC2CCN([C@H]3CC[C@H](OC(C)C)CC3)CC2)c([N+](=O)[O-])cc1F. The Balaban J connectivity index is 1.51. The first kappa shape index (κ1) is 21.0. The summed E-state index contributed by atoms with van der Waals surface area (Å²) in [5.41, 5.74) is 0.661. The topological polar surface area (TPSA) is 67.6 Å². The molecule has 0 bridgehead atoms. The Morgan fingerprint density at radius 1 is 1.18 bits per heavy atom. The number of nitrogens with zero attached hydrogens (tertiary/aromatic N) is 2. The summed E-state index contributed by atoms with van der Waals surface area (Å²) in [7, 11) is 0. The third kappa shape index (κ3) is 5.20. The number of hydrogen-bond acceptors (Lipinski definition) is 5. The molecule has 3 rings (SSSR count). The van der Waals surface area contributed by atoms with E-state index in [0.29, 0.717) is 29.5 Å². The van der Waals surface area contributed by atoms with Crippen molar-refractivity contribution in [3.05, 3.63) is 33.6 Å². The number of aryl methyl sites for hydroxylation is 1. The third-order valence-electron chi connectivity index (χ3n) is 5.99. The molecule has 0 atom stereocenters. The first-order valence-corrected chi connectivity index (χ1v) is 10.4. The number of rotatable bonds is 6. The number of hydrogen-bond donors (Lipinski definition) is 1. The maximum Gasteiger partial charge on any atom is 0.295 e. The summed E-state index contributed by atoms with van der Waals surface area (Å²) in [4.78, 5) is 13.3. The van der Waals surface area contributed by atoms with E-state index in [1.165, 1.54) is 12.8 Å². The van der Waals surface area contributed by atoms with Gasteiger partial charge in [-0.3, -0.25) is 10.1 Å². The molecule has 2 aliphatic rings. The molecule has 1 N–H and O–H groups in total. The molecule has 0 radical (unpaired) electrons.